The van der Waals surface area contributed by atoms with Crippen molar-refractivity contribution in [2.75, 3.05) is 17.2 Å². The van der Waals surface area contributed by atoms with Gasteiger partial charge in [0.25, 0.3) is 15.9 Å². The van der Waals surface area contributed by atoms with Crippen LogP contribution >= 0.6 is 0 Å². The molecule has 1 aliphatic heterocycles. The van der Waals surface area contributed by atoms with E-state index in [1.165, 1.54) is 18.3 Å². The lowest BCUT2D eigenvalue weighted by Crippen LogP contribution is -2.43. The smallest absolute Gasteiger partial charge is 0.268 e. The van der Waals surface area contributed by atoms with Crippen molar-refractivity contribution in [2.45, 2.75) is 44.6 Å². The summed E-state index contributed by atoms with van der Waals surface area (Å²) in [4.78, 5) is 28.1. The number of nitrogen functional groups attached to an aromatic ring is 1. The van der Waals surface area contributed by atoms with E-state index < -0.39 is 15.9 Å². The molecule has 1 aliphatic rings. The van der Waals surface area contributed by atoms with Crippen LogP contribution in [0.25, 0.3) is 11.3 Å². The fourth-order valence-electron chi connectivity index (χ4n) is 4.08. The molecule has 3 aromatic heterocycles. The molecule has 1 saturated heterocycles. The SMILES string of the molecule is Cc1ccc(-c2ccc(C(=O)NS(=O)(=O)c3cccnc3N)c(N3CCC(C)C3(C)C)n2)cn1. The van der Waals surface area contributed by atoms with Crippen molar-refractivity contribution in [3.05, 3.63) is 60.0 Å². The van der Waals surface area contributed by atoms with Crippen molar-refractivity contribution in [3.63, 3.8) is 0 Å². The van der Waals surface area contributed by atoms with Crippen LogP contribution in [0, 0.1) is 12.8 Å². The zero-order valence-electron chi connectivity index (χ0n) is 19.6. The lowest BCUT2D eigenvalue weighted by molar-refractivity contribution is 0.0981. The maximum Gasteiger partial charge on any atom is 0.268 e. The molecule has 4 rings (SSSR count). The molecule has 0 bridgehead atoms. The summed E-state index contributed by atoms with van der Waals surface area (Å²) in [5, 5.41) is 0. The highest BCUT2D eigenvalue weighted by atomic mass is 32.2. The maximum atomic E-state index is 13.3. The standard InChI is InChI=1S/C24H28N6O3S/c1-15-11-13-30(24(15,3)4)22-18(9-10-19(28-22)17-8-7-16(2)27-14-17)23(31)29-34(32,33)20-6-5-12-26-21(20)25/h5-10,12,14-15H,11,13H2,1-4H3,(H2,25,26)(H,29,31). The summed E-state index contributed by atoms with van der Waals surface area (Å²) >= 11 is 0. The van der Waals surface area contributed by atoms with E-state index in [0.29, 0.717) is 24.0 Å². The normalized spacial score (nSPS) is 17.5. The topological polar surface area (TPSA) is 131 Å². The first kappa shape index (κ1) is 23.6. The van der Waals surface area contributed by atoms with E-state index in [-0.39, 0.29) is 21.8 Å². The quantitative estimate of drug-likeness (QED) is 0.569. The zero-order valence-corrected chi connectivity index (χ0v) is 20.4. The molecule has 4 heterocycles. The molecular formula is C24H28N6O3S. The van der Waals surface area contributed by atoms with Gasteiger partial charge in [0.1, 0.15) is 16.5 Å². The summed E-state index contributed by atoms with van der Waals surface area (Å²) in [6.07, 6.45) is 4.04. The van der Waals surface area contributed by atoms with E-state index in [2.05, 4.69) is 40.4 Å². The van der Waals surface area contributed by atoms with Crippen molar-refractivity contribution in [3.8, 4) is 11.3 Å². The van der Waals surface area contributed by atoms with Crippen LogP contribution < -0.4 is 15.4 Å². The van der Waals surface area contributed by atoms with Crippen LogP contribution in [0.3, 0.4) is 0 Å². The highest BCUT2D eigenvalue weighted by molar-refractivity contribution is 7.90. The van der Waals surface area contributed by atoms with E-state index in [1.807, 2.05) is 19.1 Å². The molecule has 178 valence electrons. The van der Waals surface area contributed by atoms with Gasteiger partial charge in [-0.1, -0.05) is 6.92 Å². The van der Waals surface area contributed by atoms with E-state index in [4.69, 9.17) is 10.7 Å². The zero-order chi connectivity index (χ0) is 24.7. The van der Waals surface area contributed by atoms with Crippen LogP contribution in [0.2, 0.25) is 0 Å². The third kappa shape index (κ3) is 4.33. The van der Waals surface area contributed by atoms with Gasteiger partial charge in [0.2, 0.25) is 0 Å². The molecule has 3 aromatic rings. The van der Waals surface area contributed by atoms with Crippen LogP contribution in [0.15, 0.2) is 53.7 Å². The average molecular weight is 481 g/mol. The molecule has 1 amide bonds. The average Bonchev–Trinajstić information content (AvgIpc) is 3.05. The lowest BCUT2D eigenvalue weighted by Gasteiger charge is -2.36. The first-order valence-corrected chi connectivity index (χ1v) is 12.5. The number of pyridine rings is 3. The van der Waals surface area contributed by atoms with E-state index in [0.717, 1.165) is 17.7 Å². The van der Waals surface area contributed by atoms with Gasteiger partial charge < -0.3 is 10.6 Å². The number of nitrogens with two attached hydrogens (primary N) is 1. The second-order valence-corrected chi connectivity index (χ2v) is 10.7. The van der Waals surface area contributed by atoms with Gasteiger partial charge in [-0.05, 0) is 69.5 Å². The third-order valence-electron chi connectivity index (χ3n) is 6.59. The fraction of sp³-hybridized carbons (Fsp3) is 0.333. The number of aryl methyl sites for hydroxylation is 1. The van der Waals surface area contributed by atoms with Gasteiger partial charge in [-0.3, -0.25) is 9.78 Å². The van der Waals surface area contributed by atoms with Gasteiger partial charge in [0.05, 0.1) is 11.3 Å². The Bertz CT molecular complexity index is 1340. The van der Waals surface area contributed by atoms with Crippen LogP contribution in [-0.2, 0) is 10.0 Å². The van der Waals surface area contributed by atoms with Gasteiger partial charge in [-0.15, -0.1) is 0 Å². The predicted octanol–water partition coefficient (Wildman–Crippen LogP) is 3.17. The van der Waals surface area contributed by atoms with Crippen molar-refractivity contribution in [1.29, 1.82) is 0 Å². The Labute approximate surface area is 199 Å². The number of sulfonamides is 1. The number of nitrogens with one attached hydrogen (secondary N) is 1. The molecule has 1 unspecified atom stereocenters. The number of rotatable bonds is 5. The molecule has 1 atom stereocenters. The Hall–Kier alpha value is -3.53. The Balaban J connectivity index is 1.78. The van der Waals surface area contributed by atoms with Crippen molar-refractivity contribution in [2.24, 2.45) is 5.92 Å². The number of nitrogens with zero attached hydrogens (tertiary/aromatic N) is 4. The van der Waals surface area contributed by atoms with Crippen molar-refractivity contribution < 1.29 is 13.2 Å². The van der Waals surface area contributed by atoms with E-state index in [1.54, 1.807) is 18.3 Å². The second-order valence-electron chi connectivity index (χ2n) is 9.07. The Kier molecular flexibility index (Phi) is 6.03. The largest absolute Gasteiger partial charge is 0.383 e. The minimum atomic E-state index is -4.23. The lowest BCUT2D eigenvalue weighted by atomic mass is 9.90. The van der Waals surface area contributed by atoms with Gasteiger partial charge >= 0.3 is 0 Å². The van der Waals surface area contributed by atoms with E-state index in [9.17, 15) is 13.2 Å². The van der Waals surface area contributed by atoms with E-state index >= 15 is 0 Å². The minimum absolute atomic E-state index is 0.164. The molecule has 10 heteroatoms. The summed E-state index contributed by atoms with van der Waals surface area (Å²) in [7, 11) is -4.23. The van der Waals surface area contributed by atoms with Gasteiger partial charge in [0.15, 0.2) is 0 Å². The highest BCUT2D eigenvalue weighted by Crippen LogP contribution is 2.39. The third-order valence-corrected chi connectivity index (χ3v) is 7.96. The number of carbonyl (C=O) groups excluding carboxylic acids is 1. The monoisotopic (exact) mass is 480 g/mol. The first-order chi connectivity index (χ1) is 16.0. The molecular weight excluding hydrogens is 452 g/mol. The number of hydrogen-bond acceptors (Lipinski definition) is 8. The van der Waals surface area contributed by atoms with Crippen molar-refractivity contribution >= 4 is 27.6 Å². The summed E-state index contributed by atoms with van der Waals surface area (Å²) in [6.45, 7) is 8.95. The van der Waals surface area contributed by atoms with Gasteiger partial charge in [-0.2, -0.15) is 0 Å². The van der Waals surface area contributed by atoms with Crippen LogP contribution in [0.5, 0.6) is 0 Å². The molecule has 0 spiro atoms. The Morgan fingerprint density at radius 3 is 2.56 bits per heavy atom. The molecule has 9 nitrogen and oxygen atoms in total. The molecule has 34 heavy (non-hydrogen) atoms. The summed E-state index contributed by atoms with van der Waals surface area (Å²) in [5.74, 6) is -0.180. The van der Waals surface area contributed by atoms with Crippen LogP contribution in [0.1, 0.15) is 43.2 Å². The Morgan fingerprint density at radius 2 is 1.94 bits per heavy atom. The Morgan fingerprint density at radius 1 is 1.18 bits per heavy atom. The molecule has 0 radical (unpaired) electrons. The first-order valence-electron chi connectivity index (χ1n) is 11.0. The fourth-order valence-corrected chi connectivity index (χ4v) is 5.13. The summed E-state index contributed by atoms with van der Waals surface area (Å²) in [6, 6.07) is 9.86. The number of anilines is 2. The number of aromatic nitrogens is 3. The molecule has 3 N–H and O–H groups in total. The van der Waals surface area contributed by atoms with Gasteiger partial charge in [-0.25, -0.2) is 23.1 Å². The summed E-state index contributed by atoms with van der Waals surface area (Å²) in [5.41, 5.74) is 7.95. The molecule has 1 fully saturated rings. The van der Waals surface area contributed by atoms with Gasteiger partial charge in [0, 0.05) is 35.7 Å². The number of carbonyl (C=O) groups is 1. The predicted molar refractivity (Wildman–Crippen MR) is 131 cm³/mol. The highest BCUT2D eigenvalue weighted by Gasteiger charge is 2.41. The number of hydrogen-bond donors (Lipinski definition) is 2. The molecule has 0 aliphatic carbocycles. The van der Waals surface area contributed by atoms with Crippen molar-refractivity contribution in [1.82, 2.24) is 19.7 Å². The number of amides is 1. The maximum absolute atomic E-state index is 13.3. The molecule has 0 saturated carbocycles. The van der Waals surface area contributed by atoms with Crippen LogP contribution in [0.4, 0.5) is 11.6 Å². The second kappa shape index (κ2) is 8.68. The summed E-state index contributed by atoms with van der Waals surface area (Å²) < 4.78 is 27.9. The minimum Gasteiger partial charge on any atom is -0.383 e. The van der Waals surface area contributed by atoms with Crippen LogP contribution in [-0.4, -0.2) is 41.4 Å². The molecule has 0 aromatic carbocycles.